The summed E-state index contributed by atoms with van der Waals surface area (Å²) in [6.45, 7) is 12.2. The number of likely N-dealkylation sites (N-methyl/N-ethyl adjacent to an activating group) is 1. The number of carbonyl (C=O) groups excluding carboxylic acids is 1. The van der Waals surface area contributed by atoms with E-state index < -0.39 is 0 Å². The topological polar surface area (TPSA) is 55.6 Å². The molecular weight excluding hydrogens is 288 g/mol. The predicted molar refractivity (Wildman–Crippen MR) is 96.2 cm³/mol. The Balaban J connectivity index is 3.02. The molecule has 0 unspecified atom stereocenters. The van der Waals surface area contributed by atoms with E-state index in [0.717, 1.165) is 62.2 Å². The smallest absolute Gasteiger partial charge is 0.248 e. The van der Waals surface area contributed by atoms with E-state index in [9.17, 15) is 4.79 Å². The lowest BCUT2D eigenvalue weighted by Gasteiger charge is -2.21. The van der Waals surface area contributed by atoms with Gasteiger partial charge in [0.15, 0.2) is 0 Å². The van der Waals surface area contributed by atoms with Crippen LogP contribution in [0.2, 0.25) is 0 Å². The van der Waals surface area contributed by atoms with Gasteiger partial charge in [0, 0.05) is 12.1 Å². The molecule has 2 N–H and O–H groups in total. The average Bonchev–Trinajstić information content (AvgIpc) is 2.53. The number of hydrogen-bond donors (Lipinski definition) is 1. The SMILES string of the molecule is CCCc1cc(C(N)=O)cc(CCC)c1OCCN(CC)CC. The van der Waals surface area contributed by atoms with Crippen LogP contribution < -0.4 is 10.5 Å². The normalized spacial score (nSPS) is 11.0. The molecule has 23 heavy (non-hydrogen) atoms. The summed E-state index contributed by atoms with van der Waals surface area (Å²) in [5, 5.41) is 0. The zero-order chi connectivity index (χ0) is 17.2. The van der Waals surface area contributed by atoms with Crippen molar-refractivity contribution in [2.24, 2.45) is 5.73 Å². The van der Waals surface area contributed by atoms with Crippen molar-refractivity contribution < 1.29 is 9.53 Å². The van der Waals surface area contributed by atoms with Crippen molar-refractivity contribution >= 4 is 5.91 Å². The average molecular weight is 320 g/mol. The van der Waals surface area contributed by atoms with E-state index in [-0.39, 0.29) is 5.91 Å². The van der Waals surface area contributed by atoms with Crippen LogP contribution in [0, 0.1) is 0 Å². The quantitative estimate of drug-likeness (QED) is 0.680. The van der Waals surface area contributed by atoms with Gasteiger partial charge in [-0.1, -0.05) is 40.5 Å². The Morgan fingerprint density at radius 2 is 1.57 bits per heavy atom. The summed E-state index contributed by atoms with van der Waals surface area (Å²) in [6, 6.07) is 3.80. The standard InChI is InChI=1S/C19H32N2O2/c1-5-9-15-13-17(19(20)22)14-16(10-6-2)18(15)23-12-11-21(7-3)8-4/h13-14H,5-12H2,1-4H3,(H2,20,22). The third kappa shape index (κ3) is 5.87. The number of amides is 1. The molecule has 0 heterocycles. The van der Waals surface area contributed by atoms with Gasteiger partial charge in [-0.25, -0.2) is 0 Å². The molecule has 0 bridgehead atoms. The first-order valence-corrected chi connectivity index (χ1v) is 8.87. The maximum Gasteiger partial charge on any atom is 0.248 e. The van der Waals surface area contributed by atoms with Gasteiger partial charge < -0.3 is 15.4 Å². The summed E-state index contributed by atoms with van der Waals surface area (Å²) in [6.07, 6.45) is 3.83. The lowest BCUT2D eigenvalue weighted by atomic mass is 9.98. The number of rotatable bonds is 11. The fourth-order valence-electron chi connectivity index (χ4n) is 2.81. The van der Waals surface area contributed by atoms with Crippen LogP contribution in [-0.4, -0.2) is 37.0 Å². The van der Waals surface area contributed by atoms with Gasteiger partial charge in [-0.2, -0.15) is 0 Å². The second-order valence-corrected chi connectivity index (χ2v) is 5.86. The number of nitrogens with two attached hydrogens (primary N) is 1. The van der Waals surface area contributed by atoms with E-state index in [4.69, 9.17) is 10.5 Å². The highest BCUT2D eigenvalue weighted by Crippen LogP contribution is 2.28. The molecule has 0 atom stereocenters. The second kappa shape index (κ2) is 10.3. The highest BCUT2D eigenvalue weighted by Gasteiger charge is 2.14. The summed E-state index contributed by atoms with van der Waals surface area (Å²) >= 11 is 0. The first-order chi connectivity index (χ1) is 11.1. The molecule has 1 rings (SSSR count). The van der Waals surface area contributed by atoms with Crippen LogP contribution in [0.15, 0.2) is 12.1 Å². The van der Waals surface area contributed by atoms with Gasteiger partial charge in [0.25, 0.3) is 0 Å². The highest BCUT2D eigenvalue weighted by atomic mass is 16.5. The Bertz CT molecular complexity index is 469. The van der Waals surface area contributed by atoms with E-state index >= 15 is 0 Å². The zero-order valence-electron chi connectivity index (χ0n) is 15.2. The highest BCUT2D eigenvalue weighted by molar-refractivity contribution is 5.93. The van der Waals surface area contributed by atoms with Crippen molar-refractivity contribution in [2.75, 3.05) is 26.2 Å². The molecule has 130 valence electrons. The summed E-state index contributed by atoms with van der Waals surface area (Å²) < 4.78 is 6.15. The lowest BCUT2D eigenvalue weighted by Crippen LogP contribution is -2.28. The molecule has 0 saturated carbocycles. The molecule has 0 radical (unpaired) electrons. The Hall–Kier alpha value is -1.55. The van der Waals surface area contributed by atoms with Crippen LogP contribution in [0.3, 0.4) is 0 Å². The Morgan fingerprint density at radius 3 is 1.96 bits per heavy atom. The molecule has 0 aliphatic carbocycles. The Kier molecular flexibility index (Phi) is 8.70. The molecule has 1 aromatic carbocycles. The molecule has 4 nitrogen and oxygen atoms in total. The summed E-state index contributed by atoms with van der Waals surface area (Å²) in [7, 11) is 0. The summed E-state index contributed by atoms with van der Waals surface area (Å²) in [5.74, 6) is 0.597. The Morgan fingerprint density at radius 1 is 1.04 bits per heavy atom. The van der Waals surface area contributed by atoms with Crippen LogP contribution in [-0.2, 0) is 12.8 Å². The molecular formula is C19H32N2O2. The molecule has 0 aromatic heterocycles. The van der Waals surface area contributed by atoms with Crippen molar-refractivity contribution in [3.05, 3.63) is 28.8 Å². The van der Waals surface area contributed by atoms with Gasteiger partial charge in [0.05, 0.1) is 0 Å². The van der Waals surface area contributed by atoms with Crippen molar-refractivity contribution in [2.45, 2.75) is 53.4 Å². The van der Waals surface area contributed by atoms with Crippen LogP contribution in [0.4, 0.5) is 0 Å². The third-order valence-electron chi connectivity index (χ3n) is 4.11. The predicted octanol–water partition coefficient (Wildman–Crippen LogP) is 3.41. The van der Waals surface area contributed by atoms with Gasteiger partial charge in [-0.15, -0.1) is 0 Å². The van der Waals surface area contributed by atoms with E-state index in [1.165, 1.54) is 0 Å². The van der Waals surface area contributed by atoms with Crippen LogP contribution >= 0.6 is 0 Å². The fraction of sp³-hybridized carbons (Fsp3) is 0.632. The van der Waals surface area contributed by atoms with Gasteiger partial charge in [0.2, 0.25) is 5.91 Å². The van der Waals surface area contributed by atoms with Crippen LogP contribution in [0.1, 0.15) is 62.0 Å². The fourth-order valence-corrected chi connectivity index (χ4v) is 2.81. The van der Waals surface area contributed by atoms with E-state index in [2.05, 4.69) is 32.6 Å². The van der Waals surface area contributed by atoms with E-state index in [1.54, 1.807) is 0 Å². The molecule has 1 amide bonds. The zero-order valence-corrected chi connectivity index (χ0v) is 15.2. The number of carbonyl (C=O) groups is 1. The van der Waals surface area contributed by atoms with Crippen molar-refractivity contribution in [1.29, 1.82) is 0 Å². The first-order valence-electron chi connectivity index (χ1n) is 8.87. The summed E-state index contributed by atoms with van der Waals surface area (Å²) in [4.78, 5) is 13.9. The summed E-state index contributed by atoms with van der Waals surface area (Å²) in [5.41, 5.74) is 8.28. The van der Waals surface area contributed by atoms with Gasteiger partial charge in [-0.05, 0) is 49.2 Å². The van der Waals surface area contributed by atoms with Gasteiger partial charge >= 0.3 is 0 Å². The van der Waals surface area contributed by atoms with E-state index in [1.807, 2.05) is 12.1 Å². The largest absolute Gasteiger partial charge is 0.492 e. The number of ether oxygens (including phenoxy) is 1. The number of benzene rings is 1. The van der Waals surface area contributed by atoms with Crippen LogP contribution in [0.25, 0.3) is 0 Å². The number of primary amides is 1. The molecule has 0 saturated heterocycles. The molecule has 0 fully saturated rings. The molecule has 4 heteroatoms. The van der Waals surface area contributed by atoms with Crippen molar-refractivity contribution in [1.82, 2.24) is 4.90 Å². The minimum absolute atomic E-state index is 0.366. The minimum atomic E-state index is -0.366. The maximum absolute atomic E-state index is 11.6. The molecule has 0 aliphatic heterocycles. The maximum atomic E-state index is 11.6. The van der Waals surface area contributed by atoms with Gasteiger partial charge in [-0.3, -0.25) is 4.79 Å². The molecule has 0 aliphatic rings. The molecule has 0 spiro atoms. The first kappa shape index (κ1) is 19.5. The third-order valence-corrected chi connectivity index (χ3v) is 4.11. The number of nitrogens with zero attached hydrogens (tertiary/aromatic N) is 1. The monoisotopic (exact) mass is 320 g/mol. The number of aryl methyl sites for hydroxylation is 2. The second-order valence-electron chi connectivity index (χ2n) is 5.86. The van der Waals surface area contributed by atoms with Crippen LogP contribution in [0.5, 0.6) is 5.75 Å². The lowest BCUT2D eigenvalue weighted by molar-refractivity contribution is 0.1000. The van der Waals surface area contributed by atoms with Crippen molar-refractivity contribution in [3.63, 3.8) is 0 Å². The van der Waals surface area contributed by atoms with E-state index in [0.29, 0.717) is 12.2 Å². The minimum Gasteiger partial charge on any atom is -0.492 e. The van der Waals surface area contributed by atoms with Gasteiger partial charge in [0.1, 0.15) is 12.4 Å². The molecule has 1 aromatic rings. The Labute approximate surface area is 141 Å². The number of hydrogen-bond acceptors (Lipinski definition) is 3. The van der Waals surface area contributed by atoms with Crippen molar-refractivity contribution in [3.8, 4) is 5.75 Å².